The van der Waals surface area contributed by atoms with E-state index in [1.807, 2.05) is 25.1 Å². The molecule has 0 unspecified atom stereocenters. The van der Waals surface area contributed by atoms with Gasteiger partial charge in [0.1, 0.15) is 23.0 Å². The molecule has 4 rings (SSSR count). The van der Waals surface area contributed by atoms with Gasteiger partial charge in [0.05, 0.1) is 19.8 Å². The molecule has 0 fully saturated rings. The standard InChI is InChI=1S/C18H20N4O3/c1-11-20-21-17-6-3-13(9-22(11)17)19-18(23)7-12-10-25-16-8-14(24-2)4-5-15(12)16/h4-5,8,10,13H,3,6-7,9H2,1-2H3,(H,19,23)/t13-/m1/s1. The van der Waals surface area contributed by atoms with Gasteiger partial charge in [0, 0.05) is 36.0 Å². The van der Waals surface area contributed by atoms with E-state index in [4.69, 9.17) is 9.15 Å². The Balaban J connectivity index is 1.44. The maximum Gasteiger partial charge on any atom is 0.224 e. The molecule has 3 heterocycles. The molecule has 0 aliphatic carbocycles. The van der Waals surface area contributed by atoms with Gasteiger partial charge in [0.2, 0.25) is 5.91 Å². The molecule has 3 aromatic rings. The summed E-state index contributed by atoms with van der Waals surface area (Å²) >= 11 is 0. The Labute approximate surface area is 145 Å². The largest absolute Gasteiger partial charge is 0.497 e. The number of ether oxygens (including phenoxy) is 1. The fourth-order valence-electron chi connectivity index (χ4n) is 3.36. The molecule has 1 atom stereocenters. The lowest BCUT2D eigenvalue weighted by Crippen LogP contribution is -2.41. The Kier molecular flexibility index (Phi) is 3.91. The van der Waals surface area contributed by atoms with E-state index in [2.05, 4.69) is 20.1 Å². The second kappa shape index (κ2) is 6.23. The van der Waals surface area contributed by atoms with Gasteiger partial charge in [-0.25, -0.2) is 0 Å². The monoisotopic (exact) mass is 340 g/mol. The predicted octanol–water partition coefficient (Wildman–Crippen LogP) is 2.02. The van der Waals surface area contributed by atoms with E-state index in [0.29, 0.717) is 6.42 Å². The molecule has 0 saturated heterocycles. The molecule has 0 bridgehead atoms. The van der Waals surface area contributed by atoms with E-state index in [9.17, 15) is 4.79 Å². The highest BCUT2D eigenvalue weighted by molar-refractivity contribution is 5.88. The van der Waals surface area contributed by atoms with Crippen LogP contribution in [0.3, 0.4) is 0 Å². The first kappa shape index (κ1) is 15.7. The number of methoxy groups -OCH3 is 1. The fraction of sp³-hybridized carbons (Fsp3) is 0.389. The molecule has 7 nitrogen and oxygen atoms in total. The van der Waals surface area contributed by atoms with E-state index < -0.39 is 0 Å². The van der Waals surface area contributed by atoms with E-state index in [0.717, 1.165) is 53.3 Å². The van der Waals surface area contributed by atoms with Crippen molar-refractivity contribution in [1.82, 2.24) is 20.1 Å². The number of carbonyl (C=O) groups excluding carboxylic acids is 1. The van der Waals surface area contributed by atoms with Gasteiger partial charge in [-0.3, -0.25) is 4.79 Å². The van der Waals surface area contributed by atoms with E-state index in [1.54, 1.807) is 13.4 Å². The summed E-state index contributed by atoms with van der Waals surface area (Å²) in [5, 5.41) is 12.3. The van der Waals surface area contributed by atoms with Gasteiger partial charge in [0.25, 0.3) is 0 Å². The van der Waals surface area contributed by atoms with E-state index >= 15 is 0 Å². The lowest BCUT2D eigenvalue weighted by molar-refractivity contribution is -0.121. The first-order chi connectivity index (χ1) is 12.1. The molecular formula is C18H20N4O3. The third-order valence-corrected chi connectivity index (χ3v) is 4.71. The molecule has 1 aromatic carbocycles. The van der Waals surface area contributed by atoms with Crippen LogP contribution in [0.5, 0.6) is 5.75 Å². The first-order valence-electron chi connectivity index (χ1n) is 8.36. The number of hydrogen-bond acceptors (Lipinski definition) is 5. The highest BCUT2D eigenvalue weighted by Gasteiger charge is 2.23. The molecule has 1 amide bonds. The molecule has 7 heteroatoms. The fourth-order valence-corrected chi connectivity index (χ4v) is 3.36. The summed E-state index contributed by atoms with van der Waals surface area (Å²) < 4.78 is 12.8. The Morgan fingerprint density at radius 3 is 3.16 bits per heavy atom. The highest BCUT2D eigenvalue weighted by atomic mass is 16.5. The number of hydrogen-bond donors (Lipinski definition) is 1. The molecule has 1 N–H and O–H groups in total. The van der Waals surface area contributed by atoms with Crippen LogP contribution in [0.2, 0.25) is 0 Å². The van der Waals surface area contributed by atoms with Crippen LogP contribution in [0.1, 0.15) is 23.6 Å². The summed E-state index contributed by atoms with van der Waals surface area (Å²) in [5.41, 5.74) is 1.61. The van der Waals surface area contributed by atoms with Crippen LogP contribution >= 0.6 is 0 Å². The summed E-state index contributed by atoms with van der Waals surface area (Å²) in [6.45, 7) is 2.66. The van der Waals surface area contributed by atoms with Crippen molar-refractivity contribution in [2.24, 2.45) is 0 Å². The molecule has 1 aliphatic heterocycles. The normalized spacial score (nSPS) is 16.6. The minimum absolute atomic E-state index is 0.00213. The zero-order chi connectivity index (χ0) is 17.4. The van der Waals surface area contributed by atoms with Crippen molar-refractivity contribution >= 4 is 16.9 Å². The van der Waals surface area contributed by atoms with Crippen molar-refractivity contribution in [2.45, 2.75) is 38.8 Å². The third kappa shape index (κ3) is 2.97. The average molecular weight is 340 g/mol. The van der Waals surface area contributed by atoms with Crippen molar-refractivity contribution in [3.63, 3.8) is 0 Å². The molecule has 0 spiro atoms. The van der Waals surface area contributed by atoms with Gasteiger partial charge in [-0.2, -0.15) is 0 Å². The van der Waals surface area contributed by atoms with Crippen LogP contribution in [-0.2, 0) is 24.2 Å². The van der Waals surface area contributed by atoms with Crippen molar-refractivity contribution in [2.75, 3.05) is 7.11 Å². The number of aromatic nitrogens is 3. The van der Waals surface area contributed by atoms with Gasteiger partial charge in [-0.05, 0) is 25.5 Å². The Morgan fingerprint density at radius 2 is 2.32 bits per heavy atom. The van der Waals surface area contributed by atoms with Crippen molar-refractivity contribution in [3.05, 3.63) is 41.7 Å². The number of furan rings is 1. The number of benzene rings is 1. The van der Waals surface area contributed by atoms with Crippen LogP contribution < -0.4 is 10.1 Å². The maximum absolute atomic E-state index is 12.5. The summed E-state index contributed by atoms with van der Waals surface area (Å²) in [5.74, 6) is 2.62. The minimum Gasteiger partial charge on any atom is -0.497 e. The molecule has 25 heavy (non-hydrogen) atoms. The van der Waals surface area contributed by atoms with Gasteiger partial charge in [0.15, 0.2) is 0 Å². The molecule has 2 aromatic heterocycles. The summed E-state index contributed by atoms with van der Waals surface area (Å²) in [6, 6.07) is 5.73. The topological polar surface area (TPSA) is 82.2 Å². The lowest BCUT2D eigenvalue weighted by atomic mass is 10.1. The maximum atomic E-state index is 12.5. The number of carbonyl (C=O) groups is 1. The summed E-state index contributed by atoms with van der Waals surface area (Å²) in [4.78, 5) is 12.5. The number of nitrogens with zero attached hydrogens (tertiary/aromatic N) is 3. The molecule has 0 radical (unpaired) electrons. The van der Waals surface area contributed by atoms with Crippen molar-refractivity contribution in [1.29, 1.82) is 0 Å². The number of nitrogens with one attached hydrogen (secondary N) is 1. The molecule has 130 valence electrons. The average Bonchev–Trinajstić information content (AvgIpc) is 3.18. The Bertz CT molecular complexity index is 928. The van der Waals surface area contributed by atoms with Crippen LogP contribution in [0, 0.1) is 6.92 Å². The molecule has 1 aliphatic rings. The van der Waals surface area contributed by atoms with Crippen LogP contribution in [0.4, 0.5) is 0 Å². The smallest absolute Gasteiger partial charge is 0.224 e. The van der Waals surface area contributed by atoms with Crippen molar-refractivity contribution < 1.29 is 13.9 Å². The number of amides is 1. The number of aryl methyl sites for hydroxylation is 2. The van der Waals surface area contributed by atoms with E-state index in [-0.39, 0.29) is 11.9 Å². The van der Waals surface area contributed by atoms with E-state index in [1.165, 1.54) is 0 Å². The second-order valence-electron chi connectivity index (χ2n) is 6.38. The Morgan fingerprint density at radius 1 is 1.44 bits per heavy atom. The van der Waals surface area contributed by atoms with Crippen LogP contribution in [0.15, 0.2) is 28.9 Å². The predicted molar refractivity (Wildman–Crippen MR) is 91.5 cm³/mol. The van der Waals surface area contributed by atoms with Crippen molar-refractivity contribution in [3.8, 4) is 5.75 Å². The first-order valence-corrected chi connectivity index (χ1v) is 8.36. The highest BCUT2D eigenvalue weighted by Crippen LogP contribution is 2.26. The number of fused-ring (bicyclic) bond motifs is 2. The molecular weight excluding hydrogens is 320 g/mol. The minimum atomic E-state index is -0.00213. The third-order valence-electron chi connectivity index (χ3n) is 4.71. The van der Waals surface area contributed by atoms with Gasteiger partial charge in [-0.15, -0.1) is 10.2 Å². The lowest BCUT2D eigenvalue weighted by Gasteiger charge is -2.24. The summed E-state index contributed by atoms with van der Waals surface area (Å²) in [6.07, 6.45) is 3.66. The van der Waals surface area contributed by atoms with Gasteiger partial charge in [-0.1, -0.05) is 0 Å². The van der Waals surface area contributed by atoms with Crippen LogP contribution in [0.25, 0.3) is 11.0 Å². The zero-order valence-electron chi connectivity index (χ0n) is 14.3. The zero-order valence-corrected chi connectivity index (χ0v) is 14.3. The number of rotatable bonds is 4. The quantitative estimate of drug-likeness (QED) is 0.786. The Hall–Kier alpha value is -2.83. The van der Waals surface area contributed by atoms with Gasteiger partial charge < -0.3 is 19.0 Å². The van der Waals surface area contributed by atoms with Gasteiger partial charge >= 0.3 is 0 Å². The molecule has 0 saturated carbocycles. The van der Waals surface area contributed by atoms with Crippen LogP contribution in [-0.4, -0.2) is 33.8 Å². The second-order valence-corrected chi connectivity index (χ2v) is 6.38. The SMILES string of the molecule is COc1ccc2c(CC(=O)N[C@@H]3CCc4nnc(C)n4C3)coc2c1. The summed E-state index contributed by atoms with van der Waals surface area (Å²) in [7, 11) is 1.62.